The number of hydrogen-bond donors (Lipinski definition) is 1. The van der Waals surface area contributed by atoms with Gasteiger partial charge in [0.05, 0.1) is 0 Å². The van der Waals surface area contributed by atoms with Crippen LogP contribution in [0.2, 0.25) is 0 Å². The van der Waals surface area contributed by atoms with Gasteiger partial charge in [0.2, 0.25) is 0 Å². The summed E-state index contributed by atoms with van der Waals surface area (Å²) in [6.45, 7) is 4.10. The highest BCUT2D eigenvalue weighted by atomic mass is 32.1. The van der Waals surface area contributed by atoms with Gasteiger partial charge in [-0.15, -0.1) is 12.6 Å². The van der Waals surface area contributed by atoms with Crippen LogP contribution in [-0.4, -0.2) is 6.61 Å². The molecule has 0 aliphatic heterocycles. The Balaban J connectivity index is 2.58. The molecule has 0 heterocycles. The Morgan fingerprint density at radius 3 is 2.55 bits per heavy atom. The molecule has 0 radical (unpaired) electrons. The summed E-state index contributed by atoms with van der Waals surface area (Å²) in [5.41, 5.74) is 0. The van der Waals surface area contributed by atoms with Gasteiger partial charge in [-0.05, 0) is 24.3 Å². The van der Waals surface area contributed by atoms with Crippen LogP contribution in [0.4, 0.5) is 0 Å². The smallest absolute Gasteiger partial charge is 0.119 e. The second-order valence-electron chi connectivity index (χ2n) is 2.09. The lowest BCUT2D eigenvalue weighted by Crippen LogP contribution is -1.91. The molecule has 0 spiro atoms. The van der Waals surface area contributed by atoms with Gasteiger partial charge in [-0.1, -0.05) is 12.7 Å². The van der Waals surface area contributed by atoms with Crippen LogP contribution in [0.1, 0.15) is 0 Å². The third-order valence-electron chi connectivity index (χ3n) is 1.20. The molecule has 0 aliphatic rings. The zero-order valence-electron chi connectivity index (χ0n) is 6.16. The van der Waals surface area contributed by atoms with Crippen LogP contribution in [-0.2, 0) is 0 Å². The molecular formula is C9H10OS. The first kappa shape index (κ1) is 8.21. The lowest BCUT2D eigenvalue weighted by molar-refractivity contribution is 0.363. The van der Waals surface area contributed by atoms with Gasteiger partial charge in [0.15, 0.2) is 0 Å². The Hall–Kier alpha value is -0.890. The minimum atomic E-state index is 0.548. The van der Waals surface area contributed by atoms with E-state index in [2.05, 4.69) is 19.2 Å². The van der Waals surface area contributed by atoms with Crippen molar-refractivity contribution in [2.24, 2.45) is 0 Å². The minimum absolute atomic E-state index is 0.548. The summed E-state index contributed by atoms with van der Waals surface area (Å²) in [5, 5.41) is 0. The number of thiol groups is 1. The van der Waals surface area contributed by atoms with E-state index in [-0.39, 0.29) is 0 Å². The highest BCUT2D eigenvalue weighted by Crippen LogP contribution is 2.13. The van der Waals surface area contributed by atoms with E-state index in [1.807, 2.05) is 24.3 Å². The molecule has 2 heteroatoms. The van der Waals surface area contributed by atoms with E-state index in [0.29, 0.717) is 6.61 Å². The van der Waals surface area contributed by atoms with Crippen LogP contribution in [0.5, 0.6) is 5.75 Å². The fraction of sp³-hybridized carbons (Fsp3) is 0.111. The normalized spacial score (nSPS) is 9.18. The van der Waals surface area contributed by atoms with Crippen LogP contribution >= 0.6 is 12.6 Å². The monoisotopic (exact) mass is 166 g/mol. The Morgan fingerprint density at radius 1 is 1.36 bits per heavy atom. The fourth-order valence-electron chi connectivity index (χ4n) is 0.698. The maximum atomic E-state index is 5.26. The molecule has 0 saturated carbocycles. The van der Waals surface area contributed by atoms with Crippen molar-refractivity contribution in [3.63, 3.8) is 0 Å². The first-order chi connectivity index (χ1) is 5.33. The maximum Gasteiger partial charge on any atom is 0.119 e. The largest absolute Gasteiger partial charge is 0.490 e. The molecule has 0 fully saturated rings. The third kappa shape index (κ3) is 2.68. The van der Waals surface area contributed by atoms with Crippen molar-refractivity contribution in [1.82, 2.24) is 0 Å². The standard InChI is InChI=1S/C9H10OS/c1-2-7-10-8-3-5-9(11)6-4-8/h2-6,11H,1,7H2. The lowest BCUT2D eigenvalue weighted by atomic mass is 10.3. The van der Waals surface area contributed by atoms with E-state index in [9.17, 15) is 0 Å². The third-order valence-corrected chi connectivity index (χ3v) is 1.50. The van der Waals surface area contributed by atoms with Crippen LogP contribution in [0, 0.1) is 0 Å². The first-order valence-corrected chi connectivity index (χ1v) is 3.80. The van der Waals surface area contributed by atoms with Crippen LogP contribution in [0.25, 0.3) is 0 Å². The highest BCUT2D eigenvalue weighted by molar-refractivity contribution is 7.80. The van der Waals surface area contributed by atoms with Gasteiger partial charge in [0, 0.05) is 4.90 Å². The predicted molar refractivity (Wildman–Crippen MR) is 49.4 cm³/mol. The molecule has 1 aromatic rings. The van der Waals surface area contributed by atoms with E-state index in [4.69, 9.17) is 4.74 Å². The van der Waals surface area contributed by atoms with E-state index in [1.54, 1.807) is 6.08 Å². The molecule has 0 N–H and O–H groups in total. The van der Waals surface area contributed by atoms with Gasteiger partial charge in [0.25, 0.3) is 0 Å². The average Bonchev–Trinajstić information content (AvgIpc) is 2.04. The summed E-state index contributed by atoms with van der Waals surface area (Å²) in [4.78, 5) is 0.941. The van der Waals surface area contributed by atoms with E-state index < -0.39 is 0 Å². The van der Waals surface area contributed by atoms with Crippen molar-refractivity contribution < 1.29 is 4.74 Å². The van der Waals surface area contributed by atoms with Gasteiger partial charge in [-0.25, -0.2) is 0 Å². The van der Waals surface area contributed by atoms with Crippen molar-refractivity contribution in [1.29, 1.82) is 0 Å². The summed E-state index contributed by atoms with van der Waals surface area (Å²) >= 11 is 4.15. The fourth-order valence-corrected chi connectivity index (χ4v) is 0.847. The maximum absolute atomic E-state index is 5.26. The number of benzene rings is 1. The van der Waals surface area contributed by atoms with Crippen molar-refractivity contribution in [3.05, 3.63) is 36.9 Å². The summed E-state index contributed by atoms with van der Waals surface area (Å²) in [6, 6.07) is 7.54. The lowest BCUT2D eigenvalue weighted by Gasteiger charge is -2.01. The summed E-state index contributed by atoms with van der Waals surface area (Å²) < 4.78 is 5.26. The average molecular weight is 166 g/mol. The molecule has 1 rings (SSSR count). The van der Waals surface area contributed by atoms with Gasteiger partial charge < -0.3 is 4.74 Å². The molecule has 0 atom stereocenters. The Bertz CT molecular complexity index is 228. The molecular weight excluding hydrogens is 156 g/mol. The molecule has 1 aromatic carbocycles. The van der Waals surface area contributed by atoms with Crippen molar-refractivity contribution >= 4 is 12.6 Å². The highest BCUT2D eigenvalue weighted by Gasteiger charge is 1.89. The van der Waals surface area contributed by atoms with E-state index >= 15 is 0 Å². The van der Waals surface area contributed by atoms with Crippen LogP contribution in [0.15, 0.2) is 41.8 Å². The second-order valence-corrected chi connectivity index (χ2v) is 2.61. The SMILES string of the molecule is C=CCOc1ccc(S)cc1. The van der Waals surface area contributed by atoms with E-state index in [1.165, 1.54) is 0 Å². The summed E-state index contributed by atoms with van der Waals surface area (Å²) in [5.74, 6) is 0.850. The van der Waals surface area contributed by atoms with Gasteiger partial charge in [-0.3, -0.25) is 0 Å². The molecule has 0 saturated heterocycles. The number of hydrogen-bond acceptors (Lipinski definition) is 2. The molecule has 0 aromatic heterocycles. The quantitative estimate of drug-likeness (QED) is 0.536. The zero-order valence-corrected chi connectivity index (χ0v) is 7.05. The molecule has 0 amide bonds. The topological polar surface area (TPSA) is 9.23 Å². The summed E-state index contributed by atoms with van der Waals surface area (Å²) in [7, 11) is 0. The van der Waals surface area contributed by atoms with Gasteiger partial charge in [0.1, 0.15) is 12.4 Å². The molecule has 0 unspecified atom stereocenters. The van der Waals surface area contributed by atoms with Gasteiger partial charge >= 0.3 is 0 Å². The number of rotatable bonds is 3. The Kier molecular flexibility index (Phi) is 3.05. The second kappa shape index (κ2) is 4.09. The van der Waals surface area contributed by atoms with Crippen molar-refractivity contribution in [3.8, 4) is 5.75 Å². The molecule has 1 nitrogen and oxygen atoms in total. The van der Waals surface area contributed by atoms with Crippen LogP contribution in [0.3, 0.4) is 0 Å². The van der Waals surface area contributed by atoms with Crippen molar-refractivity contribution in [2.75, 3.05) is 6.61 Å². The molecule has 0 bridgehead atoms. The number of ether oxygens (including phenoxy) is 1. The minimum Gasteiger partial charge on any atom is -0.490 e. The molecule has 58 valence electrons. The van der Waals surface area contributed by atoms with Gasteiger partial charge in [-0.2, -0.15) is 0 Å². The Labute approximate surface area is 72.1 Å². The molecule has 11 heavy (non-hydrogen) atoms. The summed E-state index contributed by atoms with van der Waals surface area (Å²) in [6.07, 6.45) is 1.72. The zero-order chi connectivity index (χ0) is 8.10. The van der Waals surface area contributed by atoms with Crippen LogP contribution < -0.4 is 4.74 Å². The van der Waals surface area contributed by atoms with Crippen molar-refractivity contribution in [2.45, 2.75) is 4.90 Å². The Morgan fingerprint density at radius 2 is 2.00 bits per heavy atom. The predicted octanol–water partition coefficient (Wildman–Crippen LogP) is 2.54. The first-order valence-electron chi connectivity index (χ1n) is 3.35. The molecule has 0 aliphatic carbocycles. The van der Waals surface area contributed by atoms with E-state index in [0.717, 1.165) is 10.6 Å².